The molecule has 1 aromatic carbocycles. The molecule has 0 aliphatic heterocycles. The molecule has 0 unspecified atom stereocenters. The van der Waals surface area contributed by atoms with Gasteiger partial charge in [-0.2, -0.15) is 0 Å². The number of benzene rings is 1. The van der Waals surface area contributed by atoms with E-state index in [1.165, 1.54) is 4.90 Å². The van der Waals surface area contributed by atoms with E-state index in [0.29, 0.717) is 6.61 Å². The molecule has 16 heavy (non-hydrogen) atoms. The lowest BCUT2D eigenvalue weighted by molar-refractivity contribution is 0.225. The maximum atomic E-state index is 11.7. The van der Waals surface area contributed by atoms with E-state index in [9.17, 15) is 4.79 Å². The number of rotatable bonds is 3. The molecule has 1 aromatic rings. The van der Waals surface area contributed by atoms with Crippen LogP contribution >= 0.6 is 0 Å². The Morgan fingerprint density at radius 3 is 2.19 bits per heavy atom. The Hall–Kier alpha value is -1.71. The van der Waals surface area contributed by atoms with Crippen molar-refractivity contribution in [1.82, 2.24) is 4.90 Å². The van der Waals surface area contributed by atoms with Crippen molar-refractivity contribution < 1.29 is 9.53 Å². The van der Waals surface area contributed by atoms with E-state index in [0.717, 1.165) is 11.4 Å². The van der Waals surface area contributed by atoms with Crippen molar-refractivity contribution in [1.29, 1.82) is 0 Å². The highest BCUT2D eigenvalue weighted by atomic mass is 16.5. The van der Waals surface area contributed by atoms with Crippen LogP contribution in [0.15, 0.2) is 24.3 Å². The molecule has 4 heteroatoms. The fourth-order valence-corrected chi connectivity index (χ4v) is 1.34. The molecular weight excluding hydrogens is 204 g/mol. The summed E-state index contributed by atoms with van der Waals surface area (Å²) in [5.74, 6) is 0.817. The number of hydrogen-bond acceptors (Lipinski definition) is 2. The molecule has 0 saturated heterocycles. The van der Waals surface area contributed by atoms with Crippen LogP contribution in [0.5, 0.6) is 5.75 Å². The van der Waals surface area contributed by atoms with Crippen LogP contribution < -0.4 is 9.64 Å². The van der Waals surface area contributed by atoms with Gasteiger partial charge in [-0.3, -0.25) is 4.90 Å². The second-order valence-corrected chi connectivity index (χ2v) is 3.66. The highest BCUT2D eigenvalue weighted by Crippen LogP contribution is 2.19. The molecular formula is C12H18N2O2. The Morgan fingerprint density at radius 2 is 1.75 bits per heavy atom. The van der Waals surface area contributed by atoms with Crippen LogP contribution in [0.4, 0.5) is 10.5 Å². The number of carbonyl (C=O) groups is 1. The monoisotopic (exact) mass is 222 g/mol. The molecule has 0 aliphatic carbocycles. The highest BCUT2D eigenvalue weighted by molar-refractivity contribution is 5.91. The summed E-state index contributed by atoms with van der Waals surface area (Å²) in [6, 6.07) is 7.40. The van der Waals surface area contributed by atoms with Crippen molar-refractivity contribution >= 4 is 11.7 Å². The molecule has 0 bridgehead atoms. The number of ether oxygens (including phenoxy) is 1. The smallest absolute Gasteiger partial charge is 0.323 e. The Kier molecular flexibility index (Phi) is 4.17. The van der Waals surface area contributed by atoms with E-state index in [1.807, 2.05) is 31.2 Å². The Balaban J connectivity index is 2.77. The van der Waals surface area contributed by atoms with Gasteiger partial charge in [-0.15, -0.1) is 0 Å². The second kappa shape index (κ2) is 5.39. The Labute approximate surface area is 96.4 Å². The zero-order valence-corrected chi connectivity index (χ0v) is 10.2. The van der Waals surface area contributed by atoms with Crippen LogP contribution in [0.1, 0.15) is 6.92 Å². The zero-order chi connectivity index (χ0) is 12.1. The van der Waals surface area contributed by atoms with Gasteiger partial charge in [-0.05, 0) is 31.2 Å². The average Bonchev–Trinajstić information content (AvgIpc) is 2.28. The molecule has 0 N–H and O–H groups in total. The number of amides is 2. The third-order valence-corrected chi connectivity index (χ3v) is 2.20. The maximum absolute atomic E-state index is 11.7. The van der Waals surface area contributed by atoms with Crippen LogP contribution in [-0.2, 0) is 0 Å². The van der Waals surface area contributed by atoms with E-state index in [2.05, 4.69) is 0 Å². The van der Waals surface area contributed by atoms with Gasteiger partial charge >= 0.3 is 6.03 Å². The number of urea groups is 1. The minimum atomic E-state index is -0.0517. The van der Waals surface area contributed by atoms with Crippen LogP contribution in [0, 0.1) is 0 Å². The summed E-state index contributed by atoms with van der Waals surface area (Å²) in [5, 5.41) is 0. The molecule has 0 spiro atoms. The summed E-state index contributed by atoms with van der Waals surface area (Å²) < 4.78 is 5.33. The van der Waals surface area contributed by atoms with Crippen molar-refractivity contribution in [2.45, 2.75) is 6.92 Å². The van der Waals surface area contributed by atoms with E-state index in [-0.39, 0.29) is 6.03 Å². The fraction of sp³-hybridized carbons (Fsp3) is 0.417. The summed E-state index contributed by atoms with van der Waals surface area (Å²) in [4.78, 5) is 14.8. The number of anilines is 1. The molecule has 0 saturated carbocycles. The lowest BCUT2D eigenvalue weighted by atomic mass is 10.3. The first-order valence-corrected chi connectivity index (χ1v) is 5.24. The predicted molar refractivity (Wildman–Crippen MR) is 65.1 cm³/mol. The van der Waals surface area contributed by atoms with Gasteiger partial charge in [0.25, 0.3) is 0 Å². The molecule has 0 fully saturated rings. The summed E-state index contributed by atoms with van der Waals surface area (Å²) in [7, 11) is 5.21. The maximum Gasteiger partial charge on any atom is 0.323 e. The van der Waals surface area contributed by atoms with Crippen LogP contribution in [0.3, 0.4) is 0 Å². The van der Waals surface area contributed by atoms with Gasteiger partial charge in [0.05, 0.1) is 6.61 Å². The Bertz CT molecular complexity index is 347. The normalized spacial score (nSPS) is 9.75. The van der Waals surface area contributed by atoms with Crippen LogP contribution in [0.25, 0.3) is 0 Å². The molecule has 0 atom stereocenters. The third kappa shape index (κ3) is 2.89. The van der Waals surface area contributed by atoms with Crippen molar-refractivity contribution in [3.63, 3.8) is 0 Å². The minimum absolute atomic E-state index is 0.0517. The molecule has 0 heterocycles. The first kappa shape index (κ1) is 12.4. The summed E-state index contributed by atoms with van der Waals surface area (Å²) in [6.07, 6.45) is 0. The van der Waals surface area contributed by atoms with E-state index in [1.54, 1.807) is 26.0 Å². The molecule has 0 aromatic heterocycles. The summed E-state index contributed by atoms with van der Waals surface area (Å²) >= 11 is 0. The quantitative estimate of drug-likeness (QED) is 0.785. The van der Waals surface area contributed by atoms with Gasteiger partial charge in [0.15, 0.2) is 0 Å². The van der Waals surface area contributed by atoms with E-state index in [4.69, 9.17) is 4.74 Å². The molecule has 2 amide bonds. The SMILES string of the molecule is CCOc1ccc(N(C)C(=O)N(C)C)cc1. The molecule has 4 nitrogen and oxygen atoms in total. The van der Waals surface area contributed by atoms with Crippen molar-refractivity contribution in [2.75, 3.05) is 32.6 Å². The van der Waals surface area contributed by atoms with Crippen LogP contribution in [-0.4, -0.2) is 38.7 Å². The number of nitrogens with zero attached hydrogens (tertiary/aromatic N) is 2. The largest absolute Gasteiger partial charge is 0.494 e. The van der Waals surface area contributed by atoms with Crippen molar-refractivity contribution in [2.24, 2.45) is 0 Å². The van der Waals surface area contributed by atoms with Crippen molar-refractivity contribution in [3.05, 3.63) is 24.3 Å². The van der Waals surface area contributed by atoms with Gasteiger partial charge in [-0.1, -0.05) is 0 Å². The highest BCUT2D eigenvalue weighted by Gasteiger charge is 2.12. The van der Waals surface area contributed by atoms with Crippen molar-refractivity contribution in [3.8, 4) is 5.75 Å². The molecule has 88 valence electrons. The first-order valence-electron chi connectivity index (χ1n) is 5.24. The van der Waals surface area contributed by atoms with Gasteiger partial charge in [0.1, 0.15) is 5.75 Å². The van der Waals surface area contributed by atoms with E-state index >= 15 is 0 Å². The standard InChI is InChI=1S/C12H18N2O2/c1-5-16-11-8-6-10(7-9-11)14(4)12(15)13(2)3/h6-9H,5H2,1-4H3. The molecule has 0 aliphatic rings. The summed E-state index contributed by atoms with van der Waals surface area (Å²) in [6.45, 7) is 2.58. The van der Waals surface area contributed by atoms with Crippen LogP contribution in [0.2, 0.25) is 0 Å². The predicted octanol–water partition coefficient (Wildman–Crippen LogP) is 2.20. The Morgan fingerprint density at radius 1 is 1.19 bits per heavy atom. The van der Waals surface area contributed by atoms with Gasteiger partial charge in [0.2, 0.25) is 0 Å². The lowest BCUT2D eigenvalue weighted by Crippen LogP contribution is -2.36. The minimum Gasteiger partial charge on any atom is -0.494 e. The number of hydrogen-bond donors (Lipinski definition) is 0. The first-order chi connectivity index (χ1) is 7.56. The molecule has 0 radical (unpaired) electrons. The summed E-state index contributed by atoms with van der Waals surface area (Å²) in [5.41, 5.74) is 0.849. The average molecular weight is 222 g/mol. The zero-order valence-electron chi connectivity index (χ0n) is 10.2. The topological polar surface area (TPSA) is 32.8 Å². The fourth-order valence-electron chi connectivity index (χ4n) is 1.34. The second-order valence-electron chi connectivity index (χ2n) is 3.66. The van der Waals surface area contributed by atoms with Gasteiger partial charge in [-0.25, -0.2) is 4.79 Å². The van der Waals surface area contributed by atoms with Gasteiger partial charge < -0.3 is 9.64 Å². The molecule has 1 rings (SSSR count). The van der Waals surface area contributed by atoms with Gasteiger partial charge in [0, 0.05) is 26.8 Å². The lowest BCUT2D eigenvalue weighted by Gasteiger charge is -2.21. The van der Waals surface area contributed by atoms with E-state index < -0.39 is 0 Å². The number of carbonyl (C=O) groups excluding carboxylic acids is 1. The third-order valence-electron chi connectivity index (χ3n) is 2.20.